The van der Waals surface area contributed by atoms with Crippen molar-refractivity contribution >= 4 is 17.2 Å². The zero-order valence-corrected chi connectivity index (χ0v) is 18.2. The van der Waals surface area contributed by atoms with Crippen molar-refractivity contribution in [2.75, 3.05) is 11.9 Å². The molecule has 1 N–H and O–H groups in total. The van der Waals surface area contributed by atoms with E-state index in [-0.39, 0.29) is 0 Å². The lowest BCUT2D eigenvalue weighted by atomic mass is 10.1. The molecule has 0 saturated heterocycles. The molecule has 0 fully saturated rings. The van der Waals surface area contributed by atoms with Crippen LogP contribution in [0, 0.1) is 0 Å². The maximum atomic E-state index is 4.87. The zero-order valence-electron chi connectivity index (χ0n) is 17.4. The van der Waals surface area contributed by atoms with Crippen molar-refractivity contribution in [2.45, 2.75) is 13.0 Å². The predicted octanol–water partition coefficient (Wildman–Crippen LogP) is 5.63. The van der Waals surface area contributed by atoms with Crippen LogP contribution in [0.2, 0.25) is 0 Å². The molecular weight excluding hydrogens is 416 g/mol. The molecule has 0 spiro atoms. The number of rotatable bonds is 8. The number of nitrogens with one attached hydrogen (secondary N) is 1. The minimum atomic E-state index is 0.696. The summed E-state index contributed by atoms with van der Waals surface area (Å²) in [5.74, 6) is 1.50. The fourth-order valence-electron chi connectivity index (χ4n) is 3.46. The van der Waals surface area contributed by atoms with Gasteiger partial charge in [0.15, 0.2) is 5.82 Å². The first-order valence-corrected chi connectivity index (χ1v) is 11.4. The van der Waals surface area contributed by atoms with E-state index in [9.17, 15) is 0 Å². The summed E-state index contributed by atoms with van der Waals surface area (Å²) in [7, 11) is 0. The average molecular weight is 439 g/mol. The van der Waals surface area contributed by atoms with Gasteiger partial charge in [-0.1, -0.05) is 36.4 Å². The second kappa shape index (κ2) is 9.53. The molecule has 0 aliphatic rings. The Balaban J connectivity index is 1.43. The van der Waals surface area contributed by atoms with E-state index in [4.69, 9.17) is 9.97 Å². The third kappa shape index (κ3) is 4.73. The molecule has 0 radical (unpaired) electrons. The van der Waals surface area contributed by atoms with Crippen molar-refractivity contribution in [3.8, 4) is 33.1 Å². The third-order valence-corrected chi connectivity index (χ3v) is 5.98. The SMILES string of the molecule is c1ccc(-c2nc(NCCCn3ccnc3)cc(-c3cncc(-c4cccs4)c3)n2)cc1. The van der Waals surface area contributed by atoms with Crippen LogP contribution in [0.5, 0.6) is 0 Å². The van der Waals surface area contributed by atoms with Gasteiger partial charge in [0.25, 0.3) is 0 Å². The molecule has 0 aliphatic heterocycles. The van der Waals surface area contributed by atoms with Crippen LogP contribution in [0.25, 0.3) is 33.1 Å². The first kappa shape index (κ1) is 20.1. The Bertz CT molecular complexity index is 1270. The van der Waals surface area contributed by atoms with Crippen molar-refractivity contribution in [2.24, 2.45) is 0 Å². The van der Waals surface area contributed by atoms with Crippen LogP contribution < -0.4 is 5.32 Å². The Morgan fingerprint density at radius 1 is 0.875 bits per heavy atom. The highest BCUT2D eigenvalue weighted by Crippen LogP contribution is 2.29. The molecule has 0 bridgehead atoms. The summed E-state index contributed by atoms with van der Waals surface area (Å²) in [5, 5.41) is 5.54. The maximum absolute atomic E-state index is 4.87. The van der Waals surface area contributed by atoms with Gasteiger partial charge in [0, 0.05) is 65.5 Å². The lowest BCUT2D eigenvalue weighted by Gasteiger charge is -2.11. The van der Waals surface area contributed by atoms with Gasteiger partial charge in [0.05, 0.1) is 12.0 Å². The zero-order chi connectivity index (χ0) is 21.6. The van der Waals surface area contributed by atoms with E-state index in [1.807, 2.05) is 61.3 Å². The van der Waals surface area contributed by atoms with Crippen LogP contribution in [-0.2, 0) is 6.54 Å². The normalized spacial score (nSPS) is 10.9. The molecule has 5 aromatic rings. The van der Waals surface area contributed by atoms with E-state index >= 15 is 0 Å². The summed E-state index contributed by atoms with van der Waals surface area (Å²) < 4.78 is 2.07. The molecule has 0 amide bonds. The Labute approximate surface area is 190 Å². The van der Waals surface area contributed by atoms with Gasteiger partial charge in [-0.3, -0.25) is 4.98 Å². The number of imidazole rings is 1. The van der Waals surface area contributed by atoms with Crippen LogP contribution >= 0.6 is 11.3 Å². The largest absolute Gasteiger partial charge is 0.370 e. The van der Waals surface area contributed by atoms with E-state index in [1.165, 1.54) is 4.88 Å². The van der Waals surface area contributed by atoms with Crippen molar-refractivity contribution in [1.29, 1.82) is 0 Å². The van der Waals surface area contributed by atoms with Crippen LogP contribution in [0.15, 0.2) is 91.1 Å². The van der Waals surface area contributed by atoms with Gasteiger partial charge in [-0.05, 0) is 23.9 Å². The fraction of sp³-hybridized carbons (Fsp3) is 0.120. The minimum absolute atomic E-state index is 0.696. The highest BCUT2D eigenvalue weighted by atomic mass is 32.1. The molecular formula is C25H22N6S. The second-order valence-electron chi connectivity index (χ2n) is 7.35. The molecule has 32 heavy (non-hydrogen) atoms. The number of hydrogen-bond acceptors (Lipinski definition) is 6. The maximum Gasteiger partial charge on any atom is 0.162 e. The topological polar surface area (TPSA) is 68.5 Å². The summed E-state index contributed by atoms with van der Waals surface area (Å²) in [6.45, 7) is 1.71. The number of benzene rings is 1. The molecule has 6 nitrogen and oxygen atoms in total. The third-order valence-electron chi connectivity index (χ3n) is 5.06. The minimum Gasteiger partial charge on any atom is -0.370 e. The standard InChI is InChI=1S/C25H22N6S/c1-2-6-19(7-3-1)25-29-22(20-14-21(17-27-16-20)23-8-4-13-32-23)15-24(30-25)28-9-5-11-31-12-10-26-18-31/h1-4,6-8,10,12-18H,5,9,11H2,(H,28,29,30). The number of anilines is 1. The van der Waals surface area contributed by atoms with Gasteiger partial charge in [-0.2, -0.15) is 0 Å². The molecule has 7 heteroatoms. The lowest BCUT2D eigenvalue weighted by Crippen LogP contribution is -2.08. The van der Waals surface area contributed by atoms with Gasteiger partial charge >= 0.3 is 0 Å². The van der Waals surface area contributed by atoms with Crippen LogP contribution in [0.1, 0.15) is 6.42 Å². The average Bonchev–Trinajstić information content (AvgIpc) is 3.57. The van der Waals surface area contributed by atoms with Crippen molar-refractivity contribution in [3.05, 3.63) is 91.1 Å². The van der Waals surface area contributed by atoms with Gasteiger partial charge in [0.2, 0.25) is 0 Å². The van der Waals surface area contributed by atoms with Gasteiger partial charge < -0.3 is 9.88 Å². The van der Waals surface area contributed by atoms with E-state index in [0.717, 1.165) is 47.7 Å². The molecule has 5 rings (SSSR count). The fourth-order valence-corrected chi connectivity index (χ4v) is 4.17. The van der Waals surface area contributed by atoms with Crippen LogP contribution in [-0.4, -0.2) is 31.0 Å². The number of aryl methyl sites for hydroxylation is 1. The summed E-state index contributed by atoms with van der Waals surface area (Å²) in [6, 6.07) is 18.4. The Hall–Kier alpha value is -3.84. The van der Waals surface area contributed by atoms with Crippen molar-refractivity contribution in [3.63, 3.8) is 0 Å². The number of thiophene rings is 1. The Morgan fingerprint density at radius 3 is 2.59 bits per heavy atom. The van der Waals surface area contributed by atoms with Crippen molar-refractivity contribution in [1.82, 2.24) is 24.5 Å². The summed E-state index contributed by atoms with van der Waals surface area (Å²) in [4.78, 5) is 19.4. The highest BCUT2D eigenvalue weighted by molar-refractivity contribution is 7.13. The van der Waals surface area contributed by atoms with E-state index in [2.05, 4.69) is 43.4 Å². The summed E-state index contributed by atoms with van der Waals surface area (Å²) >= 11 is 1.70. The first-order valence-electron chi connectivity index (χ1n) is 10.5. The molecule has 0 unspecified atom stereocenters. The summed E-state index contributed by atoms with van der Waals surface area (Å²) in [5.41, 5.74) is 3.89. The van der Waals surface area contributed by atoms with Crippen molar-refractivity contribution < 1.29 is 0 Å². The lowest BCUT2D eigenvalue weighted by molar-refractivity contribution is 0.660. The van der Waals surface area contributed by atoms with Gasteiger partial charge in [-0.15, -0.1) is 11.3 Å². The molecule has 4 heterocycles. The molecule has 0 saturated carbocycles. The molecule has 0 atom stereocenters. The van der Waals surface area contributed by atoms with Gasteiger partial charge in [0.1, 0.15) is 5.82 Å². The molecule has 158 valence electrons. The second-order valence-corrected chi connectivity index (χ2v) is 8.30. The Morgan fingerprint density at radius 2 is 1.78 bits per heavy atom. The molecule has 1 aromatic carbocycles. The smallest absolute Gasteiger partial charge is 0.162 e. The Kier molecular flexibility index (Phi) is 5.98. The van der Waals surface area contributed by atoms with E-state index in [1.54, 1.807) is 17.5 Å². The number of aromatic nitrogens is 5. The van der Waals surface area contributed by atoms with E-state index in [0.29, 0.717) is 5.82 Å². The van der Waals surface area contributed by atoms with Crippen LogP contribution in [0.4, 0.5) is 5.82 Å². The monoisotopic (exact) mass is 438 g/mol. The molecule has 4 aromatic heterocycles. The quantitative estimate of drug-likeness (QED) is 0.318. The van der Waals surface area contributed by atoms with E-state index < -0.39 is 0 Å². The molecule has 0 aliphatic carbocycles. The van der Waals surface area contributed by atoms with Gasteiger partial charge in [-0.25, -0.2) is 15.0 Å². The number of hydrogen-bond donors (Lipinski definition) is 1. The predicted molar refractivity (Wildman–Crippen MR) is 129 cm³/mol. The number of nitrogens with zero attached hydrogens (tertiary/aromatic N) is 5. The highest BCUT2D eigenvalue weighted by Gasteiger charge is 2.10. The van der Waals surface area contributed by atoms with Crippen LogP contribution in [0.3, 0.4) is 0 Å². The summed E-state index contributed by atoms with van der Waals surface area (Å²) in [6.07, 6.45) is 10.3. The first-order chi connectivity index (χ1) is 15.8. The number of pyridine rings is 1.